The van der Waals surface area contributed by atoms with Crippen LogP contribution in [0.5, 0.6) is 0 Å². The molecule has 0 aliphatic carbocycles. The summed E-state index contributed by atoms with van der Waals surface area (Å²) in [6.07, 6.45) is 20.1. The first-order valence-electron chi connectivity index (χ1n) is 17.3. The number of carbonyl (C=O) groups excluding carboxylic acids is 1. The molecule has 1 amide bonds. The lowest BCUT2D eigenvalue weighted by Crippen LogP contribution is -2.40. The quantitative estimate of drug-likeness (QED) is 0.0503. The van der Waals surface area contributed by atoms with Crippen molar-refractivity contribution >= 4 is 13.7 Å². The molecule has 0 aromatic heterocycles. The van der Waals surface area contributed by atoms with Crippen molar-refractivity contribution in [1.29, 1.82) is 0 Å². The van der Waals surface area contributed by atoms with E-state index in [2.05, 4.69) is 6.92 Å². The summed E-state index contributed by atoms with van der Waals surface area (Å²) in [7, 11) is 1.31. The number of phosphoric acid groups is 1. The number of nitrogens with zero attached hydrogens (tertiary/aromatic N) is 2. The van der Waals surface area contributed by atoms with Gasteiger partial charge in [-0.3, -0.25) is 9.36 Å². The molecule has 0 fully saturated rings. The summed E-state index contributed by atoms with van der Waals surface area (Å²) in [5.74, 6) is -0.160. The summed E-state index contributed by atoms with van der Waals surface area (Å²) in [4.78, 5) is 26.7. The maximum absolute atomic E-state index is 12.6. The fourth-order valence-corrected chi connectivity index (χ4v) is 5.94. The lowest BCUT2D eigenvalue weighted by atomic mass is 10.0. The zero-order chi connectivity index (χ0) is 32.5. The highest BCUT2D eigenvalue weighted by Gasteiger charge is 2.24. The molecule has 0 saturated heterocycles. The number of likely N-dealkylation sites (N-methyl/N-ethyl adjacent to an activating group) is 1. The van der Waals surface area contributed by atoms with Crippen molar-refractivity contribution in [2.75, 3.05) is 54.1 Å². The van der Waals surface area contributed by atoms with Gasteiger partial charge in [-0.25, -0.2) is 0 Å². The number of ether oxygens (including phenoxy) is 1. The van der Waals surface area contributed by atoms with Crippen molar-refractivity contribution in [3.05, 3.63) is 35.9 Å². The molecule has 0 spiro atoms. The van der Waals surface area contributed by atoms with Gasteiger partial charge >= 0.3 is 0 Å². The number of hydrogen-bond donors (Lipinski definition) is 0. The molecule has 44 heavy (non-hydrogen) atoms. The van der Waals surface area contributed by atoms with E-state index in [9.17, 15) is 14.3 Å². The summed E-state index contributed by atoms with van der Waals surface area (Å²) in [6, 6.07) is 9.62. The Morgan fingerprint density at radius 1 is 0.818 bits per heavy atom. The van der Waals surface area contributed by atoms with Gasteiger partial charge in [-0.05, 0) is 12.0 Å². The summed E-state index contributed by atoms with van der Waals surface area (Å²) in [5.41, 5.74) is 0.958. The van der Waals surface area contributed by atoms with Gasteiger partial charge in [0.2, 0.25) is 5.91 Å². The minimum atomic E-state index is -4.58. The largest absolute Gasteiger partial charge is 0.756 e. The Hall–Kier alpha value is -1.28. The molecule has 1 aromatic rings. The monoisotopic (exact) mass is 640 g/mol. The van der Waals surface area contributed by atoms with Crippen molar-refractivity contribution in [2.45, 2.75) is 129 Å². The van der Waals surface area contributed by atoms with Crippen LogP contribution in [0.4, 0.5) is 0 Å². The van der Waals surface area contributed by atoms with E-state index >= 15 is 0 Å². The minimum absolute atomic E-state index is 0.0253. The molecule has 0 N–H and O–H groups in total. The van der Waals surface area contributed by atoms with Gasteiger partial charge in [-0.15, -0.1) is 0 Å². The third-order valence-electron chi connectivity index (χ3n) is 7.82. The molecule has 0 radical (unpaired) electrons. The molecular formula is C35H65N2O6P. The lowest BCUT2D eigenvalue weighted by Gasteiger charge is -2.32. The second-order valence-electron chi connectivity index (χ2n) is 13.3. The zero-order valence-corrected chi connectivity index (χ0v) is 29.7. The van der Waals surface area contributed by atoms with E-state index < -0.39 is 13.9 Å². The van der Waals surface area contributed by atoms with Crippen LogP contribution >= 0.6 is 7.82 Å². The van der Waals surface area contributed by atoms with Crippen molar-refractivity contribution < 1.29 is 32.5 Å². The SMILES string of the molecule is CCCCCCCCCCCCCCCCCCOCC(CN(Cc1ccccc1)C(C)=O)OP(=O)([O-])OCC[N+](C)(C)C. The van der Waals surface area contributed by atoms with Gasteiger partial charge in [0.25, 0.3) is 7.82 Å². The van der Waals surface area contributed by atoms with E-state index in [1.165, 1.54) is 96.8 Å². The predicted molar refractivity (Wildman–Crippen MR) is 179 cm³/mol. The van der Waals surface area contributed by atoms with E-state index in [1.807, 2.05) is 51.5 Å². The Bertz CT molecular complexity index is 880. The third-order valence-corrected chi connectivity index (χ3v) is 8.88. The number of carbonyl (C=O) groups is 1. The first-order chi connectivity index (χ1) is 21.0. The fourth-order valence-electron chi connectivity index (χ4n) is 5.08. The summed E-state index contributed by atoms with van der Waals surface area (Å²) in [6.45, 7) is 5.35. The molecule has 0 saturated carbocycles. The second kappa shape index (κ2) is 24.9. The molecule has 9 heteroatoms. The van der Waals surface area contributed by atoms with Gasteiger partial charge in [0.15, 0.2) is 0 Å². The number of phosphoric ester groups is 1. The lowest BCUT2D eigenvalue weighted by molar-refractivity contribution is -0.870. The highest BCUT2D eigenvalue weighted by Crippen LogP contribution is 2.40. The predicted octanol–water partition coefficient (Wildman–Crippen LogP) is 7.89. The van der Waals surface area contributed by atoms with E-state index in [4.69, 9.17) is 13.8 Å². The van der Waals surface area contributed by atoms with Gasteiger partial charge in [0.05, 0.1) is 27.7 Å². The van der Waals surface area contributed by atoms with Crippen molar-refractivity contribution in [1.82, 2.24) is 4.90 Å². The molecule has 0 bridgehead atoms. The van der Waals surface area contributed by atoms with Crippen molar-refractivity contribution in [3.63, 3.8) is 0 Å². The Kier molecular flexibility index (Phi) is 23.0. The highest BCUT2D eigenvalue weighted by atomic mass is 31.2. The van der Waals surface area contributed by atoms with Crippen molar-refractivity contribution in [3.8, 4) is 0 Å². The number of rotatable bonds is 29. The molecular weight excluding hydrogens is 575 g/mol. The van der Waals surface area contributed by atoms with Crippen LogP contribution in [0.2, 0.25) is 0 Å². The third kappa shape index (κ3) is 24.0. The number of hydrogen-bond acceptors (Lipinski definition) is 6. The first kappa shape index (κ1) is 40.7. The molecule has 1 aromatic carbocycles. The van der Waals surface area contributed by atoms with E-state index in [1.54, 1.807) is 4.90 Å². The molecule has 2 atom stereocenters. The topological polar surface area (TPSA) is 88.1 Å². The molecule has 0 heterocycles. The minimum Gasteiger partial charge on any atom is -0.756 e. The smallest absolute Gasteiger partial charge is 0.268 e. The van der Waals surface area contributed by atoms with Gasteiger partial charge in [-0.1, -0.05) is 134 Å². The first-order valence-corrected chi connectivity index (χ1v) is 18.8. The number of quaternary nitrogens is 1. The summed E-state index contributed by atoms with van der Waals surface area (Å²) in [5, 5.41) is 0. The number of amides is 1. The van der Waals surface area contributed by atoms with Crippen LogP contribution in [-0.2, 0) is 29.7 Å². The highest BCUT2D eigenvalue weighted by molar-refractivity contribution is 7.45. The Morgan fingerprint density at radius 2 is 1.32 bits per heavy atom. The molecule has 2 unspecified atom stereocenters. The van der Waals surface area contributed by atoms with Crippen LogP contribution in [0, 0.1) is 0 Å². The van der Waals surface area contributed by atoms with Crippen LogP contribution in [-0.4, -0.2) is 75.4 Å². The van der Waals surface area contributed by atoms with E-state index in [0.29, 0.717) is 24.2 Å². The van der Waals surface area contributed by atoms with Crippen LogP contribution in [0.3, 0.4) is 0 Å². The normalized spacial score (nSPS) is 14.0. The van der Waals surface area contributed by atoms with Crippen LogP contribution in [0.1, 0.15) is 122 Å². The number of unbranched alkanes of at least 4 members (excludes halogenated alkanes) is 15. The average Bonchev–Trinajstić information content (AvgIpc) is 2.95. The van der Waals surface area contributed by atoms with Crippen molar-refractivity contribution in [2.24, 2.45) is 0 Å². The number of benzene rings is 1. The fraction of sp³-hybridized carbons (Fsp3) is 0.800. The summed E-state index contributed by atoms with van der Waals surface area (Å²) >= 11 is 0. The van der Waals surface area contributed by atoms with E-state index in [0.717, 1.165) is 18.4 Å². The average molecular weight is 641 g/mol. The molecule has 0 aliphatic rings. The maximum atomic E-state index is 12.6. The second-order valence-corrected chi connectivity index (χ2v) is 14.6. The van der Waals surface area contributed by atoms with Gasteiger partial charge in [0.1, 0.15) is 19.3 Å². The Morgan fingerprint density at radius 3 is 1.80 bits per heavy atom. The van der Waals surface area contributed by atoms with E-state index in [-0.39, 0.29) is 25.7 Å². The Labute approximate surface area is 270 Å². The van der Waals surface area contributed by atoms with Crippen LogP contribution < -0.4 is 4.89 Å². The zero-order valence-electron chi connectivity index (χ0n) is 28.8. The van der Waals surface area contributed by atoms with Crippen LogP contribution in [0.25, 0.3) is 0 Å². The van der Waals surface area contributed by atoms with Crippen LogP contribution in [0.15, 0.2) is 30.3 Å². The van der Waals surface area contributed by atoms with Gasteiger partial charge < -0.3 is 28.1 Å². The summed E-state index contributed by atoms with van der Waals surface area (Å²) < 4.78 is 29.7. The molecule has 8 nitrogen and oxygen atoms in total. The standard InChI is InChI=1S/C35H65N2O6P/c1-6-7-8-9-10-11-12-13-14-15-16-17-18-19-20-24-28-41-32-35(43-44(39,40)42-29-27-37(3,4)5)31-36(33(2)38)30-34-25-22-21-23-26-34/h21-23,25-26,35H,6-20,24,27-32H2,1-5H3. The van der Waals surface area contributed by atoms with Gasteiger partial charge in [0, 0.05) is 26.6 Å². The molecule has 1 rings (SSSR count). The van der Waals surface area contributed by atoms with Gasteiger partial charge in [-0.2, -0.15) is 0 Å². The maximum Gasteiger partial charge on any atom is 0.268 e. The molecule has 256 valence electrons. The molecule has 0 aliphatic heterocycles. The Balaban J connectivity index is 2.34.